The third-order valence-corrected chi connectivity index (χ3v) is 3.28. The molecule has 1 aromatic carbocycles. The molecule has 1 fully saturated rings. The van der Waals surface area contributed by atoms with E-state index in [0.29, 0.717) is 0 Å². The van der Waals surface area contributed by atoms with Crippen molar-refractivity contribution < 1.29 is 4.39 Å². The molecule has 2 heterocycles. The third-order valence-electron chi connectivity index (χ3n) is 3.28. The second-order valence-corrected chi connectivity index (χ2v) is 4.61. The number of halogens is 1. The molecule has 3 heteroatoms. The Hall–Kier alpha value is -1.35. The van der Waals surface area contributed by atoms with Crippen LogP contribution in [0.1, 0.15) is 5.56 Å². The van der Waals surface area contributed by atoms with Crippen LogP contribution in [0, 0.1) is 5.92 Å². The Kier molecular flexibility index (Phi) is 2.40. The molecular formula is C13H15FN2. The molecule has 1 saturated heterocycles. The minimum absolute atomic E-state index is 0.174. The van der Waals surface area contributed by atoms with Crippen molar-refractivity contribution in [2.45, 2.75) is 6.54 Å². The summed E-state index contributed by atoms with van der Waals surface area (Å²) in [6.07, 6.45) is 1.96. The summed E-state index contributed by atoms with van der Waals surface area (Å²) < 4.78 is 12.3. The lowest BCUT2D eigenvalue weighted by atomic mass is 10.0. The van der Waals surface area contributed by atoms with Crippen LogP contribution in [-0.2, 0) is 6.54 Å². The SMILES string of the molecule is FCC1CN(Cc2ccc3cc[nH]c3c2)C1. The van der Waals surface area contributed by atoms with Gasteiger partial charge < -0.3 is 4.98 Å². The monoisotopic (exact) mass is 218 g/mol. The molecule has 0 radical (unpaired) electrons. The van der Waals surface area contributed by atoms with Crippen LogP contribution in [0.25, 0.3) is 10.9 Å². The average molecular weight is 218 g/mol. The molecule has 0 aliphatic carbocycles. The summed E-state index contributed by atoms with van der Waals surface area (Å²) in [5.74, 6) is 0.272. The summed E-state index contributed by atoms with van der Waals surface area (Å²) in [5.41, 5.74) is 2.48. The van der Waals surface area contributed by atoms with E-state index >= 15 is 0 Å². The predicted octanol–water partition coefficient (Wildman–Crippen LogP) is 2.57. The van der Waals surface area contributed by atoms with Gasteiger partial charge in [-0.3, -0.25) is 9.29 Å². The average Bonchev–Trinajstić information content (AvgIpc) is 2.69. The van der Waals surface area contributed by atoms with Gasteiger partial charge in [0, 0.05) is 37.3 Å². The van der Waals surface area contributed by atoms with Gasteiger partial charge in [0.1, 0.15) is 0 Å². The molecular weight excluding hydrogens is 203 g/mol. The van der Waals surface area contributed by atoms with Crippen LogP contribution >= 0.6 is 0 Å². The molecule has 3 rings (SSSR count). The van der Waals surface area contributed by atoms with E-state index in [0.717, 1.165) is 19.6 Å². The Bertz CT molecular complexity index is 485. The minimum atomic E-state index is -0.174. The highest BCUT2D eigenvalue weighted by Crippen LogP contribution is 2.21. The van der Waals surface area contributed by atoms with E-state index in [-0.39, 0.29) is 12.6 Å². The molecule has 0 saturated carbocycles. The Balaban J connectivity index is 1.70. The minimum Gasteiger partial charge on any atom is -0.361 e. The first-order chi connectivity index (χ1) is 7.85. The molecule has 16 heavy (non-hydrogen) atoms. The number of rotatable bonds is 3. The quantitative estimate of drug-likeness (QED) is 0.839. The Morgan fingerprint density at radius 1 is 1.31 bits per heavy atom. The van der Waals surface area contributed by atoms with Crippen LogP contribution in [0.4, 0.5) is 4.39 Å². The van der Waals surface area contributed by atoms with Gasteiger partial charge in [-0.05, 0) is 23.1 Å². The summed E-state index contributed by atoms with van der Waals surface area (Å²) >= 11 is 0. The Morgan fingerprint density at radius 2 is 2.19 bits per heavy atom. The summed E-state index contributed by atoms with van der Waals surface area (Å²) in [6, 6.07) is 8.53. The number of alkyl halides is 1. The first kappa shape index (κ1) is 9.85. The van der Waals surface area contributed by atoms with Crippen molar-refractivity contribution in [2.24, 2.45) is 5.92 Å². The zero-order valence-corrected chi connectivity index (χ0v) is 9.12. The molecule has 0 amide bonds. The van der Waals surface area contributed by atoms with Gasteiger partial charge in [-0.15, -0.1) is 0 Å². The van der Waals surface area contributed by atoms with E-state index in [4.69, 9.17) is 0 Å². The van der Waals surface area contributed by atoms with Crippen LogP contribution < -0.4 is 0 Å². The second-order valence-electron chi connectivity index (χ2n) is 4.61. The first-order valence-electron chi connectivity index (χ1n) is 5.69. The summed E-state index contributed by atoms with van der Waals surface area (Å²) in [5, 5.41) is 1.24. The van der Waals surface area contributed by atoms with Crippen molar-refractivity contribution in [3.63, 3.8) is 0 Å². The van der Waals surface area contributed by atoms with Crippen molar-refractivity contribution in [1.82, 2.24) is 9.88 Å². The fourth-order valence-corrected chi connectivity index (χ4v) is 2.36. The van der Waals surface area contributed by atoms with E-state index in [1.54, 1.807) is 0 Å². The van der Waals surface area contributed by atoms with Gasteiger partial charge in [-0.1, -0.05) is 12.1 Å². The zero-order valence-electron chi connectivity index (χ0n) is 9.12. The fourth-order valence-electron chi connectivity index (χ4n) is 2.36. The van der Waals surface area contributed by atoms with Gasteiger partial charge in [0.05, 0.1) is 6.67 Å². The fraction of sp³-hybridized carbons (Fsp3) is 0.385. The number of aromatic amines is 1. The van der Waals surface area contributed by atoms with Crippen LogP contribution in [0.5, 0.6) is 0 Å². The molecule has 2 aromatic rings. The van der Waals surface area contributed by atoms with Crippen molar-refractivity contribution in [3.8, 4) is 0 Å². The maximum atomic E-state index is 12.3. The topological polar surface area (TPSA) is 19.0 Å². The number of aromatic nitrogens is 1. The Labute approximate surface area is 94.1 Å². The number of fused-ring (bicyclic) bond motifs is 1. The van der Waals surface area contributed by atoms with E-state index in [2.05, 4.69) is 34.1 Å². The molecule has 0 unspecified atom stereocenters. The summed E-state index contributed by atoms with van der Waals surface area (Å²) in [6.45, 7) is 2.57. The maximum absolute atomic E-state index is 12.3. The molecule has 1 aliphatic rings. The molecule has 0 spiro atoms. The van der Waals surface area contributed by atoms with Gasteiger partial charge in [-0.2, -0.15) is 0 Å². The number of hydrogen-bond donors (Lipinski definition) is 1. The lowest BCUT2D eigenvalue weighted by Crippen LogP contribution is -2.46. The predicted molar refractivity (Wildman–Crippen MR) is 63.0 cm³/mol. The second kappa shape index (κ2) is 3.91. The third kappa shape index (κ3) is 1.71. The molecule has 0 bridgehead atoms. The van der Waals surface area contributed by atoms with Crippen molar-refractivity contribution >= 4 is 10.9 Å². The molecule has 1 aromatic heterocycles. The van der Waals surface area contributed by atoms with Crippen molar-refractivity contribution in [2.75, 3.05) is 19.8 Å². The molecule has 0 atom stereocenters. The van der Waals surface area contributed by atoms with Gasteiger partial charge in [-0.25, -0.2) is 0 Å². The molecule has 84 valence electrons. The number of likely N-dealkylation sites (tertiary alicyclic amines) is 1. The van der Waals surface area contributed by atoms with Crippen LogP contribution in [-0.4, -0.2) is 29.6 Å². The highest BCUT2D eigenvalue weighted by Gasteiger charge is 2.26. The largest absolute Gasteiger partial charge is 0.361 e. The lowest BCUT2D eigenvalue weighted by molar-refractivity contribution is 0.0738. The Morgan fingerprint density at radius 3 is 3.00 bits per heavy atom. The zero-order chi connectivity index (χ0) is 11.0. The van der Waals surface area contributed by atoms with Gasteiger partial charge >= 0.3 is 0 Å². The van der Waals surface area contributed by atoms with Gasteiger partial charge in [0.2, 0.25) is 0 Å². The summed E-state index contributed by atoms with van der Waals surface area (Å²) in [4.78, 5) is 5.50. The highest BCUT2D eigenvalue weighted by molar-refractivity contribution is 5.79. The van der Waals surface area contributed by atoms with Crippen LogP contribution in [0.15, 0.2) is 30.5 Å². The van der Waals surface area contributed by atoms with E-state index in [1.165, 1.54) is 16.5 Å². The van der Waals surface area contributed by atoms with Gasteiger partial charge in [0.15, 0.2) is 0 Å². The highest BCUT2D eigenvalue weighted by atomic mass is 19.1. The van der Waals surface area contributed by atoms with E-state index in [9.17, 15) is 4.39 Å². The molecule has 2 nitrogen and oxygen atoms in total. The lowest BCUT2D eigenvalue weighted by Gasteiger charge is -2.37. The number of hydrogen-bond acceptors (Lipinski definition) is 1. The standard InChI is InChI=1S/C13H15FN2/c14-6-11-8-16(9-11)7-10-1-2-12-3-4-15-13(12)5-10/h1-5,11,15H,6-9H2. The number of benzene rings is 1. The van der Waals surface area contributed by atoms with E-state index in [1.807, 2.05) is 6.20 Å². The van der Waals surface area contributed by atoms with Crippen molar-refractivity contribution in [1.29, 1.82) is 0 Å². The van der Waals surface area contributed by atoms with Gasteiger partial charge in [0.25, 0.3) is 0 Å². The normalized spacial score (nSPS) is 17.8. The van der Waals surface area contributed by atoms with E-state index < -0.39 is 0 Å². The summed E-state index contributed by atoms with van der Waals surface area (Å²) in [7, 11) is 0. The van der Waals surface area contributed by atoms with Crippen LogP contribution in [0.3, 0.4) is 0 Å². The smallest absolute Gasteiger partial charge is 0.0947 e. The number of nitrogens with zero attached hydrogens (tertiary/aromatic N) is 1. The first-order valence-corrected chi connectivity index (χ1v) is 5.69. The molecule has 1 aliphatic heterocycles. The van der Waals surface area contributed by atoms with Crippen molar-refractivity contribution in [3.05, 3.63) is 36.0 Å². The van der Waals surface area contributed by atoms with Crippen LogP contribution in [0.2, 0.25) is 0 Å². The number of H-pyrrole nitrogens is 1. The molecule has 1 N–H and O–H groups in total. The number of nitrogens with one attached hydrogen (secondary N) is 1. The maximum Gasteiger partial charge on any atom is 0.0947 e.